The molecule has 1 fully saturated rings. The second-order valence-corrected chi connectivity index (χ2v) is 4.79. The van der Waals surface area contributed by atoms with Crippen molar-refractivity contribution in [3.05, 3.63) is 42.7 Å². The highest BCUT2D eigenvalue weighted by Gasteiger charge is 2.22. The van der Waals surface area contributed by atoms with Crippen molar-refractivity contribution in [2.45, 2.75) is 6.04 Å². The van der Waals surface area contributed by atoms with Gasteiger partial charge in [0.05, 0.1) is 19.3 Å². The zero-order valence-corrected chi connectivity index (χ0v) is 11.7. The monoisotopic (exact) mass is 286 g/mol. The van der Waals surface area contributed by atoms with Crippen molar-refractivity contribution in [3.63, 3.8) is 0 Å². The van der Waals surface area contributed by atoms with E-state index in [0.29, 0.717) is 5.95 Å². The number of nitrogens with zero attached hydrogens (tertiary/aromatic N) is 5. The van der Waals surface area contributed by atoms with E-state index in [1.54, 1.807) is 6.20 Å². The maximum atomic E-state index is 5.44. The van der Waals surface area contributed by atoms with Crippen LogP contribution in [0.2, 0.25) is 0 Å². The second kappa shape index (κ2) is 7.05. The minimum absolute atomic E-state index is 0.222. The Morgan fingerprint density at radius 3 is 2.71 bits per heavy atom. The predicted molar refractivity (Wildman–Crippen MR) is 77.7 cm³/mol. The Kier molecular flexibility index (Phi) is 4.65. The molecule has 1 saturated heterocycles. The molecule has 0 unspecified atom stereocenters. The van der Waals surface area contributed by atoms with Gasteiger partial charge in [0.25, 0.3) is 0 Å². The van der Waals surface area contributed by atoms with Crippen LogP contribution < -0.4 is 5.32 Å². The molecule has 0 aromatic carbocycles. The van der Waals surface area contributed by atoms with Gasteiger partial charge in [0.2, 0.25) is 5.95 Å². The molecule has 1 atom stereocenters. The van der Waals surface area contributed by atoms with Gasteiger partial charge in [0, 0.05) is 32.0 Å². The Balaban J connectivity index is 1.72. The van der Waals surface area contributed by atoms with Crippen LogP contribution in [0.4, 0.5) is 5.95 Å². The average Bonchev–Trinajstić information content (AvgIpc) is 2.58. The van der Waals surface area contributed by atoms with Crippen molar-refractivity contribution in [2.24, 2.45) is 0 Å². The smallest absolute Gasteiger partial charge is 0.225 e. The molecule has 7 heteroatoms. The van der Waals surface area contributed by atoms with Gasteiger partial charge in [-0.3, -0.25) is 9.88 Å². The number of hydrogen-bond donors (Lipinski definition) is 1. The summed E-state index contributed by atoms with van der Waals surface area (Å²) >= 11 is 0. The Morgan fingerprint density at radius 1 is 1.19 bits per heavy atom. The molecule has 0 spiro atoms. The summed E-state index contributed by atoms with van der Waals surface area (Å²) in [5.41, 5.74) is 1.18. The van der Waals surface area contributed by atoms with Crippen LogP contribution in [0.15, 0.2) is 37.2 Å². The van der Waals surface area contributed by atoms with E-state index in [2.05, 4.69) is 36.2 Å². The Bertz CT molecular complexity index is 532. The number of morpholine rings is 1. The normalized spacial score (nSPS) is 17.3. The molecule has 0 amide bonds. The van der Waals surface area contributed by atoms with Crippen LogP contribution in [0.3, 0.4) is 0 Å². The number of hydrogen-bond acceptors (Lipinski definition) is 7. The maximum Gasteiger partial charge on any atom is 0.225 e. The van der Waals surface area contributed by atoms with Crippen LogP contribution in [0, 0.1) is 0 Å². The van der Waals surface area contributed by atoms with E-state index in [1.165, 1.54) is 18.2 Å². The van der Waals surface area contributed by atoms with Crippen LogP contribution in [0.1, 0.15) is 11.6 Å². The highest BCUT2D eigenvalue weighted by Crippen LogP contribution is 2.21. The quantitative estimate of drug-likeness (QED) is 0.869. The van der Waals surface area contributed by atoms with Crippen molar-refractivity contribution in [3.8, 4) is 0 Å². The Morgan fingerprint density at radius 2 is 2.00 bits per heavy atom. The molecule has 0 radical (unpaired) electrons. The first kappa shape index (κ1) is 13.8. The maximum absolute atomic E-state index is 5.44. The fourth-order valence-corrected chi connectivity index (χ4v) is 2.44. The van der Waals surface area contributed by atoms with E-state index in [0.717, 1.165) is 32.8 Å². The number of nitrogens with one attached hydrogen (secondary N) is 1. The molecule has 0 bridgehead atoms. The molecule has 2 aromatic rings. The lowest BCUT2D eigenvalue weighted by Gasteiger charge is -2.34. The van der Waals surface area contributed by atoms with E-state index < -0.39 is 0 Å². The number of anilines is 1. The minimum atomic E-state index is 0.222. The van der Waals surface area contributed by atoms with Crippen LogP contribution >= 0.6 is 0 Å². The minimum Gasteiger partial charge on any atom is -0.379 e. The largest absolute Gasteiger partial charge is 0.379 e. The lowest BCUT2D eigenvalue weighted by Crippen LogP contribution is -2.41. The molecule has 0 aliphatic carbocycles. The van der Waals surface area contributed by atoms with Crippen LogP contribution in [0.25, 0.3) is 0 Å². The zero-order chi connectivity index (χ0) is 14.3. The third-order valence-electron chi connectivity index (χ3n) is 3.50. The lowest BCUT2D eigenvalue weighted by molar-refractivity contribution is 0.0186. The van der Waals surface area contributed by atoms with Crippen molar-refractivity contribution in [1.82, 2.24) is 24.8 Å². The molecule has 3 rings (SSSR count). The molecule has 0 saturated carbocycles. The summed E-state index contributed by atoms with van der Waals surface area (Å²) < 4.78 is 5.44. The highest BCUT2D eigenvalue weighted by atomic mass is 16.5. The summed E-state index contributed by atoms with van der Waals surface area (Å²) in [4.78, 5) is 18.6. The average molecular weight is 286 g/mol. The SMILES string of the molecule is c1cncc([C@@H](CNc2ncncn2)N2CCOCC2)c1. The van der Waals surface area contributed by atoms with Gasteiger partial charge in [-0.05, 0) is 11.6 Å². The van der Waals surface area contributed by atoms with Crippen molar-refractivity contribution < 1.29 is 4.74 Å². The highest BCUT2D eigenvalue weighted by molar-refractivity contribution is 5.24. The first-order valence-electron chi connectivity index (χ1n) is 7.01. The third-order valence-corrected chi connectivity index (χ3v) is 3.50. The van der Waals surface area contributed by atoms with E-state index in [4.69, 9.17) is 4.74 Å². The van der Waals surface area contributed by atoms with Gasteiger partial charge in [-0.2, -0.15) is 0 Å². The lowest BCUT2D eigenvalue weighted by atomic mass is 10.1. The van der Waals surface area contributed by atoms with Gasteiger partial charge in [0.15, 0.2) is 0 Å². The van der Waals surface area contributed by atoms with Crippen LogP contribution in [-0.2, 0) is 4.74 Å². The molecule has 21 heavy (non-hydrogen) atoms. The van der Waals surface area contributed by atoms with E-state index in [1.807, 2.05) is 12.3 Å². The summed E-state index contributed by atoms with van der Waals surface area (Å²) in [5, 5.41) is 3.27. The molecule has 7 nitrogen and oxygen atoms in total. The summed E-state index contributed by atoms with van der Waals surface area (Å²) in [6.07, 6.45) is 6.68. The third kappa shape index (κ3) is 3.71. The molecule has 1 N–H and O–H groups in total. The summed E-state index contributed by atoms with van der Waals surface area (Å²) in [6, 6.07) is 4.29. The van der Waals surface area contributed by atoms with Gasteiger partial charge in [0.1, 0.15) is 12.7 Å². The molecule has 3 heterocycles. The molecule has 110 valence electrons. The van der Waals surface area contributed by atoms with Crippen molar-refractivity contribution in [1.29, 1.82) is 0 Å². The number of ether oxygens (including phenoxy) is 1. The topological polar surface area (TPSA) is 76.1 Å². The van der Waals surface area contributed by atoms with Gasteiger partial charge < -0.3 is 10.1 Å². The van der Waals surface area contributed by atoms with Crippen LogP contribution in [0.5, 0.6) is 0 Å². The van der Waals surface area contributed by atoms with E-state index >= 15 is 0 Å². The van der Waals surface area contributed by atoms with Gasteiger partial charge in [-0.15, -0.1) is 0 Å². The molecule has 1 aliphatic rings. The molecule has 2 aromatic heterocycles. The Hall–Kier alpha value is -2.12. The Labute approximate surface area is 123 Å². The molecule has 1 aliphatic heterocycles. The fraction of sp³-hybridized carbons (Fsp3) is 0.429. The number of rotatable bonds is 5. The van der Waals surface area contributed by atoms with Gasteiger partial charge in [-0.1, -0.05) is 6.07 Å². The van der Waals surface area contributed by atoms with Crippen LogP contribution in [-0.4, -0.2) is 57.7 Å². The number of aromatic nitrogens is 4. The number of pyridine rings is 1. The van der Waals surface area contributed by atoms with Gasteiger partial charge in [-0.25, -0.2) is 15.0 Å². The standard InChI is InChI=1S/C14H18N6O/c1-2-12(8-15-3-1)13(20-4-6-21-7-5-20)9-17-14-18-10-16-11-19-14/h1-3,8,10-11,13H,4-7,9H2,(H,16,17,18,19)/t13-/m1/s1. The van der Waals surface area contributed by atoms with Crippen molar-refractivity contribution >= 4 is 5.95 Å². The first-order chi connectivity index (χ1) is 10.4. The summed E-state index contributed by atoms with van der Waals surface area (Å²) in [5.74, 6) is 0.590. The van der Waals surface area contributed by atoms with E-state index in [-0.39, 0.29) is 6.04 Å². The predicted octanol–water partition coefficient (Wildman–Crippen LogP) is 0.752. The summed E-state index contributed by atoms with van der Waals surface area (Å²) in [6.45, 7) is 4.08. The molecular weight excluding hydrogens is 268 g/mol. The summed E-state index contributed by atoms with van der Waals surface area (Å²) in [7, 11) is 0. The molecular formula is C14H18N6O. The zero-order valence-electron chi connectivity index (χ0n) is 11.7. The fourth-order valence-electron chi connectivity index (χ4n) is 2.44. The van der Waals surface area contributed by atoms with E-state index in [9.17, 15) is 0 Å². The van der Waals surface area contributed by atoms with Crippen molar-refractivity contribution in [2.75, 3.05) is 38.2 Å². The second-order valence-electron chi connectivity index (χ2n) is 4.79. The first-order valence-corrected chi connectivity index (χ1v) is 7.01. The van der Waals surface area contributed by atoms with Gasteiger partial charge >= 0.3 is 0 Å².